The van der Waals surface area contributed by atoms with E-state index in [2.05, 4.69) is 5.10 Å². The van der Waals surface area contributed by atoms with Crippen LogP contribution in [0.2, 0.25) is 5.02 Å². The number of hydrogen-bond acceptors (Lipinski definition) is 6. The minimum absolute atomic E-state index is 0.190. The molecular weight excluding hydrogens is 366 g/mol. The molecular formula is C16H16ClN3O4S. The van der Waals surface area contributed by atoms with Gasteiger partial charge >= 0.3 is 0 Å². The van der Waals surface area contributed by atoms with E-state index >= 15 is 0 Å². The molecule has 1 aliphatic rings. The third-order valence-corrected chi connectivity index (χ3v) is 4.81. The van der Waals surface area contributed by atoms with Gasteiger partial charge in [0.1, 0.15) is 29.1 Å². The number of benzene rings is 1. The monoisotopic (exact) mass is 381 g/mol. The Morgan fingerprint density at radius 3 is 2.72 bits per heavy atom. The van der Waals surface area contributed by atoms with Crippen LogP contribution in [0.5, 0.6) is 11.5 Å². The minimum Gasteiger partial charge on any atom is -0.453 e. The SMILES string of the molecule is CS(=O)(=O)Cn1nc(C2CC2)c(Oc2ccc(C#N)c(Cl)c2)c1CO. The van der Waals surface area contributed by atoms with Crippen molar-refractivity contribution in [2.45, 2.75) is 31.2 Å². The Morgan fingerprint density at radius 1 is 1.48 bits per heavy atom. The normalized spacial score (nSPS) is 14.3. The van der Waals surface area contributed by atoms with Crippen LogP contribution in [0, 0.1) is 11.3 Å². The Morgan fingerprint density at radius 2 is 2.20 bits per heavy atom. The van der Waals surface area contributed by atoms with Crippen molar-refractivity contribution in [1.82, 2.24) is 9.78 Å². The highest BCUT2D eigenvalue weighted by molar-refractivity contribution is 7.89. The van der Waals surface area contributed by atoms with Gasteiger partial charge in [0.05, 0.1) is 17.2 Å². The Hall–Kier alpha value is -2.08. The third-order valence-electron chi connectivity index (χ3n) is 3.79. The number of hydrogen-bond donors (Lipinski definition) is 1. The molecule has 3 rings (SSSR count). The van der Waals surface area contributed by atoms with Crippen LogP contribution in [0.25, 0.3) is 0 Å². The van der Waals surface area contributed by atoms with E-state index in [9.17, 15) is 13.5 Å². The molecule has 1 fully saturated rings. The number of nitriles is 1. The van der Waals surface area contributed by atoms with E-state index in [-0.39, 0.29) is 16.8 Å². The van der Waals surface area contributed by atoms with Crippen LogP contribution in [0.15, 0.2) is 18.2 Å². The van der Waals surface area contributed by atoms with Crippen LogP contribution in [0.3, 0.4) is 0 Å². The van der Waals surface area contributed by atoms with Crippen LogP contribution in [0.1, 0.15) is 35.7 Å². The first-order chi connectivity index (χ1) is 11.8. The van der Waals surface area contributed by atoms with E-state index in [4.69, 9.17) is 21.6 Å². The quantitative estimate of drug-likeness (QED) is 0.824. The van der Waals surface area contributed by atoms with E-state index in [1.165, 1.54) is 16.8 Å². The number of nitrogens with zero attached hydrogens (tertiary/aromatic N) is 3. The molecule has 1 N–H and O–H groups in total. The molecule has 7 nitrogen and oxygen atoms in total. The third kappa shape index (κ3) is 3.95. The lowest BCUT2D eigenvalue weighted by molar-refractivity contribution is 0.265. The molecule has 2 aromatic rings. The summed E-state index contributed by atoms with van der Waals surface area (Å²) in [4.78, 5) is 0. The fourth-order valence-corrected chi connectivity index (χ4v) is 3.36. The average Bonchev–Trinajstić information content (AvgIpc) is 3.31. The van der Waals surface area contributed by atoms with E-state index in [0.29, 0.717) is 28.5 Å². The highest BCUT2D eigenvalue weighted by atomic mass is 35.5. The van der Waals surface area contributed by atoms with Crippen molar-refractivity contribution in [2.24, 2.45) is 0 Å². The average molecular weight is 382 g/mol. The highest BCUT2D eigenvalue weighted by Crippen LogP contribution is 2.46. The van der Waals surface area contributed by atoms with Crippen molar-refractivity contribution in [3.63, 3.8) is 0 Å². The summed E-state index contributed by atoms with van der Waals surface area (Å²) < 4.78 is 30.4. The molecule has 0 saturated heterocycles. The van der Waals surface area contributed by atoms with Crippen LogP contribution in [-0.2, 0) is 22.3 Å². The lowest BCUT2D eigenvalue weighted by atomic mass is 10.2. The summed E-state index contributed by atoms with van der Waals surface area (Å²) in [7, 11) is -3.33. The Labute approximate surface area is 150 Å². The zero-order chi connectivity index (χ0) is 18.2. The van der Waals surface area contributed by atoms with E-state index in [1.54, 1.807) is 6.07 Å². The first-order valence-electron chi connectivity index (χ1n) is 7.58. The van der Waals surface area contributed by atoms with Crippen LogP contribution in [-0.4, -0.2) is 29.6 Å². The predicted molar refractivity (Wildman–Crippen MR) is 91.2 cm³/mol. The number of aromatic nitrogens is 2. The highest BCUT2D eigenvalue weighted by Gasteiger charge is 2.33. The maximum absolute atomic E-state index is 11.6. The number of halogens is 1. The fraction of sp³-hybridized carbons (Fsp3) is 0.375. The minimum atomic E-state index is -3.33. The van der Waals surface area contributed by atoms with Gasteiger partial charge in [-0.15, -0.1) is 0 Å². The Balaban J connectivity index is 2.02. The summed E-state index contributed by atoms with van der Waals surface area (Å²) in [6.45, 7) is -0.408. The lowest BCUT2D eigenvalue weighted by Gasteiger charge is -2.09. The van der Waals surface area contributed by atoms with Gasteiger partial charge in [0.15, 0.2) is 15.6 Å². The lowest BCUT2D eigenvalue weighted by Crippen LogP contribution is -2.13. The number of aliphatic hydroxyl groups excluding tert-OH is 1. The van der Waals surface area contributed by atoms with Crippen molar-refractivity contribution in [1.29, 1.82) is 5.26 Å². The smallest absolute Gasteiger partial charge is 0.174 e. The van der Waals surface area contributed by atoms with Crippen molar-refractivity contribution in [2.75, 3.05) is 6.26 Å². The molecule has 0 bridgehead atoms. The van der Waals surface area contributed by atoms with Gasteiger partial charge < -0.3 is 9.84 Å². The first kappa shape index (κ1) is 17.7. The Kier molecular flexibility index (Phi) is 4.73. The summed E-state index contributed by atoms with van der Waals surface area (Å²) in [6.07, 6.45) is 2.98. The summed E-state index contributed by atoms with van der Waals surface area (Å²) in [5.41, 5.74) is 1.26. The molecule has 0 spiro atoms. The number of aliphatic hydroxyl groups is 1. The van der Waals surface area contributed by atoms with Gasteiger partial charge in [0, 0.05) is 18.2 Å². The molecule has 9 heteroatoms. The second-order valence-corrected chi connectivity index (χ2v) is 8.52. The van der Waals surface area contributed by atoms with Crippen molar-refractivity contribution >= 4 is 21.4 Å². The summed E-state index contributed by atoms with van der Waals surface area (Å²) >= 11 is 6.02. The largest absolute Gasteiger partial charge is 0.453 e. The van der Waals surface area contributed by atoms with Gasteiger partial charge in [-0.1, -0.05) is 11.6 Å². The molecule has 0 radical (unpaired) electrons. The van der Waals surface area contributed by atoms with E-state index < -0.39 is 16.4 Å². The first-order valence-corrected chi connectivity index (χ1v) is 10.0. The maximum atomic E-state index is 11.6. The van der Waals surface area contributed by atoms with Crippen LogP contribution in [0.4, 0.5) is 0 Å². The second-order valence-electron chi connectivity index (χ2n) is 6.00. The molecule has 25 heavy (non-hydrogen) atoms. The van der Waals surface area contributed by atoms with Gasteiger partial charge in [0.2, 0.25) is 0 Å². The maximum Gasteiger partial charge on any atom is 0.174 e. The molecule has 1 aromatic heterocycles. The van der Waals surface area contributed by atoms with Gasteiger partial charge in [-0.2, -0.15) is 10.4 Å². The fourth-order valence-electron chi connectivity index (χ4n) is 2.49. The topological polar surface area (TPSA) is 105 Å². The zero-order valence-electron chi connectivity index (χ0n) is 13.4. The van der Waals surface area contributed by atoms with Crippen LogP contribution < -0.4 is 4.74 Å². The number of ether oxygens (including phenoxy) is 1. The van der Waals surface area contributed by atoms with Crippen molar-refractivity contribution < 1.29 is 18.3 Å². The van der Waals surface area contributed by atoms with Crippen LogP contribution >= 0.6 is 11.6 Å². The van der Waals surface area contributed by atoms with E-state index in [1.807, 2.05) is 6.07 Å². The Bertz CT molecular complexity index is 958. The van der Waals surface area contributed by atoms with Crippen molar-refractivity contribution in [3.05, 3.63) is 40.2 Å². The molecule has 1 heterocycles. The molecule has 1 aromatic carbocycles. The standard InChI is InChI=1S/C16H16ClN3O4S/c1-25(22,23)9-20-14(8-21)16(15(19-20)10-2-3-10)24-12-5-4-11(7-18)13(17)6-12/h4-6,10,21H,2-3,8-9H2,1H3. The number of sulfone groups is 1. The molecule has 0 unspecified atom stereocenters. The number of rotatable bonds is 6. The summed E-state index contributed by atoms with van der Waals surface area (Å²) in [6, 6.07) is 6.60. The molecule has 132 valence electrons. The van der Waals surface area contributed by atoms with Crippen molar-refractivity contribution in [3.8, 4) is 17.6 Å². The van der Waals surface area contributed by atoms with E-state index in [0.717, 1.165) is 19.1 Å². The molecule has 1 saturated carbocycles. The van der Waals surface area contributed by atoms with Gasteiger partial charge in [-0.25, -0.2) is 13.1 Å². The van der Waals surface area contributed by atoms with Gasteiger partial charge in [-0.3, -0.25) is 0 Å². The summed E-state index contributed by atoms with van der Waals surface area (Å²) in [5.74, 6) is 0.601. The molecule has 0 atom stereocenters. The second kappa shape index (κ2) is 6.67. The van der Waals surface area contributed by atoms with Gasteiger partial charge in [0.25, 0.3) is 0 Å². The van der Waals surface area contributed by atoms with Gasteiger partial charge in [-0.05, 0) is 25.0 Å². The predicted octanol–water partition coefficient (Wildman–Crippen LogP) is 2.57. The molecule has 0 amide bonds. The molecule has 1 aliphatic carbocycles. The summed E-state index contributed by atoms with van der Waals surface area (Å²) in [5, 5.41) is 23.3. The zero-order valence-corrected chi connectivity index (χ0v) is 15.0. The molecule has 0 aliphatic heterocycles.